The van der Waals surface area contributed by atoms with Crippen LogP contribution in [0.3, 0.4) is 0 Å². The van der Waals surface area contributed by atoms with Crippen molar-refractivity contribution in [3.05, 3.63) is 47.5 Å². The van der Waals surface area contributed by atoms with E-state index >= 15 is 0 Å². The number of amides is 1. The molecule has 2 aromatic rings. The number of hydrogen-bond acceptors (Lipinski definition) is 5. The van der Waals surface area contributed by atoms with E-state index < -0.39 is 5.41 Å². The van der Waals surface area contributed by atoms with Crippen LogP contribution in [-0.4, -0.2) is 33.3 Å². The number of carbonyl (C=O) groups excluding carboxylic acids is 1. The number of carbonyl (C=O) groups is 1. The minimum absolute atomic E-state index is 0.0361. The molecule has 1 saturated carbocycles. The SMILES string of the molecule is COc1ccc(CNC(=O)C2(c3ccc4c(c3)OCCO4)CC2)cc1OC. The van der Waals surface area contributed by atoms with E-state index in [0.29, 0.717) is 31.3 Å². The van der Waals surface area contributed by atoms with Gasteiger partial charge in [-0.1, -0.05) is 12.1 Å². The summed E-state index contributed by atoms with van der Waals surface area (Å²) in [6.07, 6.45) is 1.68. The first-order valence-electron chi connectivity index (χ1n) is 9.05. The van der Waals surface area contributed by atoms with E-state index in [1.54, 1.807) is 14.2 Å². The number of fused-ring (bicyclic) bond motifs is 1. The fourth-order valence-electron chi connectivity index (χ4n) is 3.45. The van der Waals surface area contributed by atoms with E-state index in [9.17, 15) is 4.79 Å². The van der Waals surface area contributed by atoms with Crippen LogP contribution in [-0.2, 0) is 16.8 Å². The van der Waals surface area contributed by atoms with Crippen molar-refractivity contribution in [2.45, 2.75) is 24.8 Å². The summed E-state index contributed by atoms with van der Waals surface area (Å²) in [4.78, 5) is 12.9. The molecule has 0 radical (unpaired) electrons. The summed E-state index contributed by atoms with van der Waals surface area (Å²) >= 11 is 0. The Morgan fingerprint density at radius 2 is 1.74 bits per heavy atom. The number of ether oxygens (including phenoxy) is 4. The van der Waals surface area contributed by atoms with Gasteiger partial charge in [-0.15, -0.1) is 0 Å². The standard InChI is InChI=1S/C21H23NO5/c1-24-16-5-3-14(11-18(16)25-2)13-22-20(23)21(7-8-21)15-4-6-17-19(12-15)27-10-9-26-17/h3-6,11-12H,7-10,13H2,1-2H3,(H,22,23). The largest absolute Gasteiger partial charge is 0.493 e. The lowest BCUT2D eigenvalue weighted by Gasteiger charge is -2.21. The Hall–Kier alpha value is -2.89. The Kier molecular flexibility index (Phi) is 4.56. The summed E-state index contributed by atoms with van der Waals surface area (Å²) in [5.41, 5.74) is 1.47. The molecule has 4 rings (SSSR count). The average molecular weight is 369 g/mol. The van der Waals surface area contributed by atoms with Crippen LogP contribution in [0.4, 0.5) is 0 Å². The van der Waals surface area contributed by atoms with Crippen molar-refractivity contribution in [3.63, 3.8) is 0 Å². The van der Waals surface area contributed by atoms with E-state index in [1.165, 1.54) is 0 Å². The summed E-state index contributed by atoms with van der Waals surface area (Å²) in [6.45, 7) is 1.53. The first kappa shape index (κ1) is 17.5. The highest BCUT2D eigenvalue weighted by Gasteiger charge is 2.51. The molecular formula is C21H23NO5. The Bertz CT molecular complexity index is 860. The van der Waals surface area contributed by atoms with Crippen LogP contribution >= 0.6 is 0 Å². The van der Waals surface area contributed by atoms with Gasteiger partial charge in [0.05, 0.1) is 19.6 Å². The van der Waals surface area contributed by atoms with E-state index in [0.717, 1.165) is 35.5 Å². The van der Waals surface area contributed by atoms with Crippen LogP contribution < -0.4 is 24.3 Å². The molecule has 1 fully saturated rings. The highest BCUT2D eigenvalue weighted by Crippen LogP contribution is 2.50. The maximum absolute atomic E-state index is 12.9. The van der Waals surface area contributed by atoms with Gasteiger partial charge in [0.2, 0.25) is 5.91 Å². The van der Waals surface area contributed by atoms with Gasteiger partial charge in [0.15, 0.2) is 23.0 Å². The van der Waals surface area contributed by atoms with E-state index in [-0.39, 0.29) is 5.91 Å². The lowest BCUT2D eigenvalue weighted by atomic mass is 9.94. The Balaban J connectivity index is 1.47. The number of rotatable bonds is 6. The monoisotopic (exact) mass is 369 g/mol. The van der Waals surface area contributed by atoms with E-state index in [4.69, 9.17) is 18.9 Å². The van der Waals surface area contributed by atoms with Crippen LogP contribution in [0.25, 0.3) is 0 Å². The molecule has 0 aromatic heterocycles. The van der Waals surface area contributed by atoms with Gasteiger partial charge in [0, 0.05) is 6.54 Å². The molecule has 142 valence electrons. The third-order valence-electron chi connectivity index (χ3n) is 5.18. The molecule has 1 aliphatic carbocycles. The molecule has 1 amide bonds. The molecule has 0 unspecified atom stereocenters. The summed E-state index contributed by atoms with van der Waals surface area (Å²) in [5.74, 6) is 2.82. The van der Waals surface area contributed by atoms with Gasteiger partial charge in [-0.2, -0.15) is 0 Å². The quantitative estimate of drug-likeness (QED) is 0.848. The second kappa shape index (κ2) is 7.02. The van der Waals surface area contributed by atoms with Gasteiger partial charge < -0.3 is 24.3 Å². The van der Waals surface area contributed by atoms with Crippen LogP contribution in [0.5, 0.6) is 23.0 Å². The fraction of sp³-hybridized carbons (Fsp3) is 0.381. The number of benzene rings is 2. The maximum Gasteiger partial charge on any atom is 0.230 e. The molecule has 6 heteroatoms. The second-order valence-electron chi connectivity index (χ2n) is 6.81. The zero-order valence-electron chi connectivity index (χ0n) is 15.5. The summed E-state index contributed by atoms with van der Waals surface area (Å²) < 4.78 is 21.8. The van der Waals surface area contributed by atoms with Crippen molar-refractivity contribution < 1.29 is 23.7 Å². The molecule has 1 aliphatic heterocycles. The summed E-state index contributed by atoms with van der Waals surface area (Å²) in [7, 11) is 3.20. The highest BCUT2D eigenvalue weighted by atomic mass is 16.6. The van der Waals surface area contributed by atoms with Crippen molar-refractivity contribution in [2.75, 3.05) is 27.4 Å². The van der Waals surface area contributed by atoms with Crippen molar-refractivity contribution in [1.29, 1.82) is 0 Å². The minimum Gasteiger partial charge on any atom is -0.493 e. The van der Waals surface area contributed by atoms with Crippen molar-refractivity contribution in [3.8, 4) is 23.0 Å². The number of nitrogens with one attached hydrogen (secondary N) is 1. The van der Waals surface area contributed by atoms with Gasteiger partial charge in [0.25, 0.3) is 0 Å². The molecule has 27 heavy (non-hydrogen) atoms. The normalized spacial score (nSPS) is 16.4. The molecule has 2 aromatic carbocycles. The minimum atomic E-state index is -0.466. The second-order valence-corrected chi connectivity index (χ2v) is 6.81. The topological polar surface area (TPSA) is 66.0 Å². The predicted molar refractivity (Wildman–Crippen MR) is 99.7 cm³/mol. The van der Waals surface area contributed by atoms with Gasteiger partial charge >= 0.3 is 0 Å². The predicted octanol–water partition coefficient (Wildman–Crippen LogP) is 2.82. The molecule has 0 spiro atoms. The van der Waals surface area contributed by atoms with E-state index in [1.807, 2.05) is 36.4 Å². The molecule has 1 heterocycles. The Morgan fingerprint density at radius 3 is 2.44 bits per heavy atom. The third kappa shape index (κ3) is 3.27. The number of hydrogen-bond donors (Lipinski definition) is 1. The first-order valence-corrected chi connectivity index (χ1v) is 9.05. The van der Waals surface area contributed by atoms with E-state index in [2.05, 4.69) is 5.32 Å². The lowest BCUT2D eigenvalue weighted by molar-refractivity contribution is -0.123. The van der Waals surface area contributed by atoms with Gasteiger partial charge in [-0.3, -0.25) is 4.79 Å². The van der Waals surface area contributed by atoms with Crippen LogP contribution in [0.1, 0.15) is 24.0 Å². The summed E-state index contributed by atoms with van der Waals surface area (Å²) in [5, 5.41) is 3.06. The van der Waals surface area contributed by atoms with Crippen molar-refractivity contribution in [1.82, 2.24) is 5.32 Å². The van der Waals surface area contributed by atoms with Gasteiger partial charge in [0.1, 0.15) is 13.2 Å². The lowest BCUT2D eigenvalue weighted by Crippen LogP contribution is -2.34. The zero-order chi connectivity index (χ0) is 18.9. The molecular weight excluding hydrogens is 346 g/mol. The van der Waals surface area contributed by atoms with Crippen LogP contribution in [0, 0.1) is 0 Å². The van der Waals surface area contributed by atoms with Crippen molar-refractivity contribution in [2.24, 2.45) is 0 Å². The average Bonchev–Trinajstić information content (AvgIpc) is 3.53. The van der Waals surface area contributed by atoms with Crippen LogP contribution in [0.2, 0.25) is 0 Å². The Morgan fingerprint density at radius 1 is 1.00 bits per heavy atom. The molecule has 6 nitrogen and oxygen atoms in total. The molecule has 0 saturated heterocycles. The highest BCUT2D eigenvalue weighted by molar-refractivity contribution is 5.91. The molecule has 0 bridgehead atoms. The Labute approximate surface area is 158 Å². The van der Waals surface area contributed by atoms with Crippen molar-refractivity contribution >= 4 is 5.91 Å². The van der Waals surface area contributed by atoms with Crippen LogP contribution in [0.15, 0.2) is 36.4 Å². The molecule has 0 atom stereocenters. The smallest absolute Gasteiger partial charge is 0.230 e. The van der Waals surface area contributed by atoms with Gasteiger partial charge in [-0.25, -0.2) is 0 Å². The van der Waals surface area contributed by atoms with Gasteiger partial charge in [-0.05, 0) is 48.2 Å². The summed E-state index contributed by atoms with van der Waals surface area (Å²) in [6, 6.07) is 11.4. The third-order valence-corrected chi connectivity index (χ3v) is 5.18. The molecule has 1 N–H and O–H groups in total. The first-order chi connectivity index (χ1) is 13.2. The molecule has 2 aliphatic rings. The fourth-order valence-corrected chi connectivity index (χ4v) is 3.45. The maximum atomic E-state index is 12.9. The number of methoxy groups -OCH3 is 2. The zero-order valence-corrected chi connectivity index (χ0v) is 15.5.